The van der Waals surface area contributed by atoms with Gasteiger partial charge < -0.3 is 14.7 Å². The number of alkyl halides is 2. The van der Waals surface area contributed by atoms with E-state index in [-0.39, 0.29) is 36.8 Å². The molecule has 1 amide bonds. The summed E-state index contributed by atoms with van der Waals surface area (Å²) in [6.45, 7) is 2.79. The Balaban J connectivity index is 1.82. The number of halogens is 2. The first kappa shape index (κ1) is 19.8. The third-order valence-corrected chi connectivity index (χ3v) is 4.76. The van der Waals surface area contributed by atoms with Gasteiger partial charge >= 0.3 is 0 Å². The van der Waals surface area contributed by atoms with Gasteiger partial charge in [-0.05, 0) is 38.2 Å². The minimum Gasteiger partial charge on any atom is -0.394 e. The lowest BCUT2D eigenvalue weighted by Crippen LogP contribution is -2.37. The highest BCUT2D eigenvalue weighted by Gasteiger charge is 2.30. The summed E-state index contributed by atoms with van der Waals surface area (Å²) in [6.07, 6.45) is 2.10. The Morgan fingerprint density at radius 2 is 2.08 bits per heavy atom. The Hall–Kier alpha value is -1.54. The number of likely N-dealkylation sites (N-methyl/N-ethyl adjacent to an activating group) is 1. The summed E-state index contributed by atoms with van der Waals surface area (Å²) in [5.74, 6) is 0.0567. The number of carbonyl (C=O) groups is 1. The monoisotopic (exact) mass is 359 g/mol. The Kier molecular flexibility index (Phi) is 7.31. The molecule has 1 fully saturated rings. The zero-order chi connectivity index (χ0) is 18.4. The van der Waals surface area contributed by atoms with Crippen LogP contribution in [0.2, 0.25) is 0 Å². The number of nitrogens with zero attached hydrogens (tertiary/aromatic N) is 3. The Morgan fingerprint density at radius 3 is 2.64 bits per heavy atom. The van der Waals surface area contributed by atoms with E-state index in [0.717, 1.165) is 25.7 Å². The van der Waals surface area contributed by atoms with Crippen LogP contribution in [0.5, 0.6) is 0 Å². The van der Waals surface area contributed by atoms with Crippen molar-refractivity contribution in [2.45, 2.75) is 45.1 Å². The average molecular weight is 359 g/mol. The Labute approximate surface area is 146 Å². The largest absolute Gasteiger partial charge is 0.394 e. The van der Waals surface area contributed by atoms with Gasteiger partial charge in [-0.3, -0.25) is 9.48 Å². The molecular formula is C17H27F2N3O3. The second-order valence-corrected chi connectivity index (χ2v) is 6.58. The molecule has 1 aliphatic carbocycles. The molecule has 0 aromatic carbocycles. The van der Waals surface area contributed by atoms with Gasteiger partial charge in [-0.15, -0.1) is 0 Å². The van der Waals surface area contributed by atoms with Crippen LogP contribution in [0.25, 0.3) is 0 Å². The fraction of sp³-hybridized carbons (Fsp3) is 0.765. The summed E-state index contributed by atoms with van der Waals surface area (Å²) >= 11 is 0. The van der Waals surface area contributed by atoms with Crippen LogP contribution in [0.3, 0.4) is 0 Å². The number of amides is 1. The highest BCUT2D eigenvalue weighted by atomic mass is 19.3. The summed E-state index contributed by atoms with van der Waals surface area (Å²) in [4.78, 5) is 14.1. The molecule has 0 unspecified atom stereocenters. The second-order valence-electron chi connectivity index (χ2n) is 6.58. The van der Waals surface area contributed by atoms with Crippen molar-refractivity contribution < 1.29 is 23.4 Å². The van der Waals surface area contributed by atoms with Crippen LogP contribution >= 0.6 is 0 Å². The van der Waals surface area contributed by atoms with E-state index in [0.29, 0.717) is 18.7 Å². The molecule has 25 heavy (non-hydrogen) atoms. The van der Waals surface area contributed by atoms with E-state index in [1.165, 1.54) is 0 Å². The molecule has 142 valence electrons. The molecule has 0 radical (unpaired) electrons. The molecule has 0 saturated heterocycles. The number of aryl methyl sites for hydroxylation is 1. The number of aliphatic hydroxyl groups is 1. The minimum absolute atomic E-state index is 0.0259. The Bertz CT molecular complexity index is 557. The highest BCUT2D eigenvalue weighted by Crippen LogP contribution is 2.34. The van der Waals surface area contributed by atoms with Gasteiger partial charge in [0.1, 0.15) is 5.69 Å². The van der Waals surface area contributed by atoms with Gasteiger partial charge in [0.25, 0.3) is 6.43 Å². The second kappa shape index (κ2) is 9.24. The summed E-state index contributed by atoms with van der Waals surface area (Å²) in [7, 11) is 1.75. The lowest BCUT2D eigenvalue weighted by atomic mass is 9.85. The molecule has 1 aromatic heterocycles. The number of carbonyl (C=O) groups excluding carboxylic acids is 1. The topological polar surface area (TPSA) is 67.6 Å². The van der Waals surface area contributed by atoms with E-state index in [9.17, 15) is 13.6 Å². The molecule has 0 atom stereocenters. The van der Waals surface area contributed by atoms with Crippen LogP contribution in [0, 0.1) is 12.8 Å². The molecule has 1 N–H and O–H groups in total. The van der Waals surface area contributed by atoms with Crippen molar-refractivity contribution in [1.82, 2.24) is 14.7 Å². The molecule has 8 heteroatoms. The number of aliphatic hydroxyl groups excluding tert-OH is 1. The zero-order valence-corrected chi connectivity index (χ0v) is 14.8. The first-order valence-corrected chi connectivity index (χ1v) is 8.71. The van der Waals surface area contributed by atoms with Crippen molar-refractivity contribution in [2.75, 3.05) is 33.4 Å². The predicted octanol–water partition coefficient (Wildman–Crippen LogP) is 2.33. The maximum Gasteiger partial charge on any atom is 0.282 e. The van der Waals surface area contributed by atoms with Crippen LogP contribution < -0.4 is 0 Å². The van der Waals surface area contributed by atoms with Crippen molar-refractivity contribution in [3.63, 3.8) is 0 Å². The minimum atomic E-state index is -2.55. The molecular weight excluding hydrogens is 332 g/mol. The average Bonchev–Trinajstić information content (AvgIpc) is 3.00. The van der Waals surface area contributed by atoms with Crippen LogP contribution in [0.4, 0.5) is 8.78 Å². The van der Waals surface area contributed by atoms with Crippen molar-refractivity contribution in [2.24, 2.45) is 5.92 Å². The van der Waals surface area contributed by atoms with Gasteiger partial charge in [-0.25, -0.2) is 8.78 Å². The summed E-state index contributed by atoms with van der Waals surface area (Å²) in [5, 5.41) is 12.7. The summed E-state index contributed by atoms with van der Waals surface area (Å²) in [5.41, 5.74) is 0.358. The van der Waals surface area contributed by atoms with Crippen LogP contribution in [0.15, 0.2) is 6.20 Å². The van der Waals surface area contributed by atoms with E-state index < -0.39 is 6.43 Å². The molecule has 2 rings (SSSR count). The van der Waals surface area contributed by atoms with E-state index in [1.54, 1.807) is 29.7 Å². The molecule has 6 nitrogen and oxygen atoms in total. The van der Waals surface area contributed by atoms with Crippen molar-refractivity contribution >= 4 is 5.91 Å². The quantitative estimate of drug-likeness (QED) is 0.724. The first-order chi connectivity index (χ1) is 11.9. The van der Waals surface area contributed by atoms with Gasteiger partial charge in [-0.1, -0.05) is 0 Å². The first-order valence-electron chi connectivity index (χ1n) is 8.71. The number of hydrogen-bond donors (Lipinski definition) is 1. The van der Waals surface area contributed by atoms with E-state index in [1.807, 2.05) is 0 Å². The van der Waals surface area contributed by atoms with Gasteiger partial charge in [0.05, 0.1) is 25.9 Å². The van der Waals surface area contributed by atoms with Gasteiger partial charge in [0, 0.05) is 25.7 Å². The highest BCUT2D eigenvalue weighted by molar-refractivity contribution is 5.78. The maximum atomic E-state index is 12.9. The fourth-order valence-corrected chi connectivity index (χ4v) is 3.28. The SMILES string of the molecule is Cc1cn(C2CCC(C(=O)N(C)CCOCCO)CC2)nc1C(F)F. The Morgan fingerprint density at radius 1 is 1.40 bits per heavy atom. The molecule has 1 saturated carbocycles. The number of aromatic nitrogens is 2. The smallest absolute Gasteiger partial charge is 0.282 e. The normalized spacial score (nSPS) is 20.9. The van der Waals surface area contributed by atoms with E-state index in [4.69, 9.17) is 9.84 Å². The van der Waals surface area contributed by atoms with Crippen LogP contribution in [0.1, 0.15) is 49.4 Å². The van der Waals surface area contributed by atoms with Crippen LogP contribution in [-0.2, 0) is 9.53 Å². The molecule has 0 bridgehead atoms. The molecule has 1 heterocycles. The summed E-state index contributed by atoms with van der Waals surface area (Å²) < 4.78 is 32.6. The molecule has 1 aliphatic rings. The third kappa shape index (κ3) is 5.22. The van der Waals surface area contributed by atoms with Crippen LogP contribution in [-0.4, -0.2) is 59.1 Å². The number of rotatable bonds is 8. The predicted molar refractivity (Wildman–Crippen MR) is 88.5 cm³/mol. The lowest BCUT2D eigenvalue weighted by molar-refractivity contribution is -0.136. The maximum absolute atomic E-state index is 12.9. The van der Waals surface area contributed by atoms with Gasteiger partial charge in [0.15, 0.2) is 0 Å². The van der Waals surface area contributed by atoms with E-state index >= 15 is 0 Å². The zero-order valence-electron chi connectivity index (χ0n) is 14.8. The van der Waals surface area contributed by atoms with E-state index in [2.05, 4.69) is 5.10 Å². The molecule has 0 spiro atoms. The number of ether oxygens (including phenoxy) is 1. The lowest BCUT2D eigenvalue weighted by Gasteiger charge is -2.30. The number of hydrogen-bond acceptors (Lipinski definition) is 4. The van der Waals surface area contributed by atoms with Crippen molar-refractivity contribution in [3.05, 3.63) is 17.5 Å². The molecule has 1 aromatic rings. The molecule has 0 aliphatic heterocycles. The van der Waals surface area contributed by atoms with Crippen molar-refractivity contribution in [1.29, 1.82) is 0 Å². The van der Waals surface area contributed by atoms with Gasteiger partial charge in [0.2, 0.25) is 5.91 Å². The summed E-state index contributed by atoms with van der Waals surface area (Å²) in [6, 6.07) is 0.0773. The van der Waals surface area contributed by atoms with Gasteiger partial charge in [-0.2, -0.15) is 5.10 Å². The third-order valence-electron chi connectivity index (χ3n) is 4.76. The van der Waals surface area contributed by atoms with Crippen molar-refractivity contribution in [3.8, 4) is 0 Å². The standard InChI is InChI=1S/C17H27F2N3O3/c1-12-11-22(20-15(12)16(18)19)14-5-3-13(4-6-14)17(24)21(2)7-9-25-10-8-23/h11,13-14,16,23H,3-10H2,1-2H3. The fourth-order valence-electron chi connectivity index (χ4n) is 3.28.